The van der Waals surface area contributed by atoms with E-state index in [0.717, 1.165) is 22.0 Å². The second-order valence-electron chi connectivity index (χ2n) is 10.5. The molecule has 36 heavy (non-hydrogen) atoms. The number of ether oxygens (including phenoxy) is 2. The second-order valence-corrected chi connectivity index (χ2v) is 11.4. The number of aliphatic hydroxyl groups is 2. The third-order valence-corrected chi connectivity index (χ3v) is 7.39. The molecule has 2 aromatic carbocycles. The molecule has 1 aliphatic carbocycles. The number of fused-ring (bicyclic) bond motifs is 3. The Hall–Kier alpha value is -2.45. The van der Waals surface area contributed by atoms with Crippen molar-refractivity contribution in [1.82, 2.24) is 9.88 Å². The van der Waals surface area contributed by atoms with Crippen molar-refractivity contribution in [3.63, 3.8) is 0 Å². The minimum Gasteiger partial charge on any atom is -0.495 e. The molecule has 1 aliphatic heterocycles. The van der Waals surface area contributed by atoms with Crippen molar-refractivity contribution >= 4 is 15.9 Å². The molecule has 3 atom stereocenters. The maximum atomic E-state index is 12.2. The van der Waals surface area contributed by atoms with Crippen LogP contribution in [0.5, 0.6) is 11.5 Å². The molecule has 0 bridgehead atoms. The zero-order valence-corrected chi connectivity index (χ0v) is 23.1. The van der Waals surface area contributed by atoms with Crippen LogP contribution in [0, 0.1) is 0 Å². The lowest BCUT2D eigenvalue weighted by atomic mass is 9.72. The first-order valence-corrected chi connectivity index (χ1v) is 12.9. The molecule has 2 aliphatic rings. The standard InChI is InChI=1S/C23H20BrNO3.C6H15NO/c1-27-19-13-25-14-20-21(19)22(26)12-11-18(15-5-3-2-4-6-15)23(22,28-20)16-7-9-17(24)10-8-16;1-6(2,8)5-7(3)4/h2-10,13-14,18,26H,11-12H2,1H3;8H,5H2,1-4H3. The topological polar surface area (TPSA) is 75.1 Å². The first-order chi connectivity index (χ1) is 17.0. The monoisotopic (exact) mass is 554 g/mol. The van der Waals surface area contributed by atoms with Gasteiger partial charge < -0.3 is 24.6 Å². The quantitative estimate of drug-likeness (QED) is 0.450. The smallest absolute Gasteiger partial charge is 0.174 e. The van der Waals surface area contributed by atoms with Crippen molar-refractivity contribution in [3.8, 4) is 11.5 Å². The highest BCUT2D eigenvalue weighted by molar-refractivity contribution is 9.10. The molecule has 2 N–H and O–H groups in total. The number of hydrogen-bond acceptors (Lipinski definition) is 6. The van der Waals surface area contributed by atoms with Crippen LogP contribution < -0.4 is 9.47 Å². The number of hydrogen-bond donors (Lipinski definition) is 2. The molecule has 0 saturated heterocycles. The van der Waals surface area contributed by atoms with Gasteiger partial charge >= 0.3 is 0 Å². The minimum absolute atomic E-state index is 0.00279. The number of likely N-dealkylation sites (N-methyl/N-ethyl adjacent to an activating group) is 1. The fraction of sp³-hybridized carbons (Fsp3) is 0.414. The number of pyridine rings is 1. The van der Waals surface area contributed by atoms with Gasteiger partial charge in [-0.25, -0.2) is 0 Å². The highest BCUT2D eigenvalue weighted by atomic mass is 79.9. The Labute approximate surface area is 222 Å². The normalized spacial score (nSPS) is 24.4. The van der Waals surface area contributed by atoms with E-state index in [0.29, 0.717) is 30.0 Å². The molecule has 2 heterocycles. The zero-order valence-electron chi connectivity index (χ0n) is 21.5. The fourth-order valence-corrected chi connectivity index (χ4v) is 6.05. The summed E-state index contributed by atoms with van der Waals surface area (Å²) >= 11 is 3.52. The summed E-state index contributed by atoms with van der Waals surface area (Å²) in [5.74, 6) is 1.15. The number of aromatic nitrogens is 1. The average Bonchev–Trinajstić information content (AvgIpc) is 3.26. The zero-order chi connectivity index (χ0) is 26.1. The van der Waals surface area contributed by atoms with Crippen LogP contribution in [0.15, 0.2) is 71.5 Å². The lowest BCUT2D eigenvalue weighted by molar-refractivity contribution is -0.106. The van der Waals surface area contributed by atoms with E-state index in [-0.39, 0.29) is 5.92 Å². The van der Waals surface area contributed by atoms with E-state index in [4.69, 9.17) is 14.6 Å². The van der Waals surface area contributed by atoms with Gasteiger partial charge in [-0.1, -0.05) is 58.4 Å². The summed E-state index contributed by atoms with van der Waals surface area (Å²) in [5, 5.41) is 21.3. The van der Waals surface area contributed by atoms with E-state index < -0.39 is 16.8 Å². The summed E-state index contributed by atoms with van der Waals surface area (Å²) in [7, 11) is 5.49. The van der Waals surface area contributed by atoms with Gasteiger partial charge in [0.1, 0.15) is 17.1 Å². The first-order valence-electron chi connectivity index (χ1n) is 12.1. The summed E-state index contributed by atoms with van der Waals surface area (Å²) in [6.45, 7) is 4.31. The Bertz CT molecular complexity index is 1180. The number of nitrogens with zero attached hydrogens (tertiary/aromatic N) is 2. The first kappa shape index (κ1) is 26.6. The molecule has 0 radical (unpaired) electrons. The molecule has 5 rings (SSSR count). The Kier molecular flexibility index (Phi) is 7.49. The third-order valence-electron chi connectivity index (χ3n) is 6.86. The van der Waals surface area contributed by atoms with Crippen molar-refractivity contribution < 1.29 is 19.7 Å². The molecule has 7 heteroatoms. The van der Waals surface area contributed by atoms with E-state index in [2.05, 4.69) is 33.0 Å². The summed E-state index contributed by atoms with van der Waals surface area (Å²) < 4.78 is 13.2. The molecule has 3 aromatic rings. The van der Waals surface area contributed by atoms with Gasteiger partial charge in [-0.15, -0.1) is 0 Å². The lowest BCUT2D eigenvalue weighted by Crippen LogP contribution is -2.48. The molecule has 1 saturated carbocycles. The van der Waals surface area contributed by atoms with E-state index in [1.165, 1.54) is 0 Å². The Morgan fingerprint density at radius 1 is 1.11 bits per heavy atom. The molecular formula is C29H35BrN2O4. The van der Waals surface area contributed by atoms with Crippen molar-refractivity contribution in [2.45, 2.75) is 49.4 Å². The molecule has 3 unspecified atom stereocenters. The van der Waals surface area contributed by atoms with Gasteiger partial charge in [0, 0.05) is 16.9 Å². The summed E-state index contributed by atoms with van der Waals surface area (Å²) in [6.07, 6.45) is 4.71. The van der Waals surface area contributed by atoms with Gasteiger partial charge in [-0.05, 0) is 64.0 Å². The molecule has 0 amide bonds. The maximum Gasteiger partial charge on any atom is 0.174 e. The summed E-state index contributed by atoms with van der Waals surface area (Å²) in [6, 6.07) is 18.3. The SMILES string of the molecule is CN(C)CC(C)(C)O.COc1cncc2c1C1(O)CCC(c3ccccc3)C1(c1ccc(Br)cc1)O2. The number of rotatable bonds is 5. The van der Waals surface area contributed by atoms with Gasteiger partial charge in [0.15, 0.2) is 5.60 Å². The highest BCUT2D eigenvalue weighted by Gasteiger charge is 2.69. The predicted molar refractivity (Wildman–Crippen MR) is 144 cm³/mol. The average molecular weight is 556 g/mol. The highest BCUT2D eigenvalue weighted by Crippen LogP contribution is 2.67. The molecule has 0 spiro atoms. The van der Waals surface area contributed by atoms with Crippen LogP contribution >= 0.6 is 15.9 Å². The number of benzene rings is 2. The van der Waals surface area contributed by atoms with Crippen LogP contribution in [0.3, 0.4) is 0 Å². The van der Waals surface area contributed by atoms with Crippen molar-refractivity contribution in [2.24, 2.45) is 0 Å². The van der Waals surface area contributed by atoms with Crippen molar-refractivity contribution in [2.75, 3.05) is 27.7 Å². The van der Waals surface area contributed by atoms with E-state index >= 15 is 0 Å². The van der Waals surface area contributed by atoms with Crippen LogP contribution in [0.1, 0.15) is 49.3 Å². The minimum atomic E-state index is -1.20. The number of methoxy groups -OCH3 is 1. The lowest BCUT2D eigenvalue weighted by Gasteiger charge is -2.40. The van der Waals surface area contributed by atoms with E-state index in [1.807, 2.05) is 61.5 Å². The van der Waals surface area contributed by atoms with E-state index in [9.17, 15) is 5.11 Å². The van der Waals surface area contributed by atoms with Crippen molar-refractivity contribution in [1.29, 1.82) is 0 Å². The van der Waals surface area contributed by atoms with Crippen LogP contribution in [-0.2, 0) is 11.2 Å². The Balaban J connectivity index is 0.000000331. The second kappa shape index (κ2) is 10.1. The Morgan fingerprint density at radius 3 is 2.33 bits per heavy atom. The van der Waals surface area contributed by atoms with Gasteiger partial charge in [-0.3, -0.25) is 4.98 Å². The van der Waals surface area contributed by atoms with Crippen LogP contribution in [0.25, 0.3) is 0 Å². The largest absolute Gasteiger partial charge is 0.495 e. The van der Waals surface area contributed by atoms with Gasteiger partial charge in [0.25, 0.3) is 0 Å². The molecule has 1 aromatic heterocycles. The molecular weight excluding hydrogens is 520 g/mol. The summed E-state index contributed by atoms with van der Waals surface area (Å²) in [4.78, 5) is 6.21. The van der Waals surface area contributed by atoms with Gasteiger partial charge in [0.2, 0.25) is 0 Å². The predicted octanol–water partition coefficient (Wildman–Crippen LogP) is 5.22. The van der Waals surface area contributed by atoms with Gasteiger partial charge in [0.05, 0.1) is 30.7 Å². The van der Waals surface area contributed by atoms with Crippen molar-refractivity contribution in [3.05, 3.63) is 88.2 Å². The van der Waals surface area contributed by atoms with Crippen LogP contribution in [0.2, 0.25) is 0 Å². The molecule has 6 nitrogen and oxygen atoms in total. The maximum absolute atomic E-state index is 12.2. The van der Waals surface area contributed by atoms with Crippen LogP contribution in [0.4, 0.5) is 0 Å². The summed E-state index contributed by atoms with van der Waals surface area (Å²) in [5.41, 5.74) is 0.109. The Morgan fingerprint density at radius 2 is 1.78 bits per heavy atom. The molecule has 1 fully saturated rings. The number of halogens is 1. The fourth-order valence-electron chi connectivity index (χ4n) is 5.79. The van der Waals surface area contributed by atoms with E-state index in [1.54, 1.807) is 33.4 Å². The van der Waals surface area contributed by atoms with Crippen LogP contribution in [-0.4, -0.2) is 53.4 Å². The molecule has 192 valence electrons. The third kappa shape index (κ3) is 4.77. The van der Waals surface area contributed by atoms with Gasteiger partial charge in [-0.2, -0.15) is 0 Å².